The van der Waals surface area contributed by atoms with E-state index in [9.17, 15) is 0 Å². The van der Waals surface area contributed by atoms with Crippen molar-refractivity contribution in [1.82, 2.24) is 14.9 Å². The van der Waals surface area contributed by atoms with Crippen molar-refractivity contribution in [2.24, 2.45) is 5.92 Å². The van der Waals surface area contributed by atoms with Crippen molar-refractivity contribution in [3.63, 3.8) is 0 Å². The Labute approximate surface area is 123 Å². The summed E-state index contributed by atoms with van der Waals surface area (Å²) in [5.74, 6) is 1.50. The number of rotatable bonds is 5. The fourth-order valence-corrected chi connectivity index (χ4v) is 3.26. The highest BCUT2D eigenvalue weighted by molar-refractivity contribution is 7.16. The fourth-order valence-electron chi connectivity index (χ4n) is 2.17. The largest absolute Gasteiger partial charge is 0.296 e. The molecule has 104 valence electrons. The van der Waals surface area contributed by atoms with Crippen LogP contribution < -0.4 is 0 Å². The first-order valence-corrected chi connectivity index (χ1v) is 7.83. The quantitative estimate of drug-likeness (QED) is 0.774. The molecule has 2 rings (SSSR count). The molecule has 0 N–H and O–H groups in total. The number of halogens is 1. The van der Waals surface area contributed by atoms with Crippen molar-refractivity contribution in [1.29, 1.82) is 0 Å². The number of fused-ring (bicyclic) bond motifs is 1. The van der Waals surface area contributed by atoms with Crippen LogP contribution in [0.25, 0.3) is 10.2 Å². The van der Waals surface area contributed by atoms with Gasteiger partial charge in [0.25, 0.3) is 0 Å². The first-order chi connectivity index (χ1) is 8.97. The van der Waals surface area contributed by atoms with Crippen molar-refractivity contribution in [3.05, 3.63) is 22.4 Å². The molecule has 5 heteroatoms. The standard InChI is InChI=1S/C14H20ClN3S/c1-9(2)7-10(3)18(4)8-12-16-13(15)11-5-6-19-14(11)17-12/h5-6,9-10H,7-8H2,1-4H3. The van der Waals surface area contributed by atoms with E-state index in [4.69, 9.17) is 11.6 Å². The highest BCUT2D eigenvalue weighted by atomic mass is 35.5. The van der Waals surface area contributed by atoms with Crippen molar-refractivity contribution in [3.8, 4) is 0 Å². The van der Waals surface area contributed by atoms with Crippen molar-refractivity contribution in [2.45, 2.75) is 39.8 Å². The van der Waals surface area contributed by atoms with E-state index in [1.54, 1.807) is 11.3 Å². The lowest BCUT2D eigenvalue weighted by molar-refractivity contribution is 0.216. The average Bonchev–Trinajstić information content (AvgIpc) is 2.76. The van der Waals surface area contributed by atoms with Crippen LogP contribution in [0.15, 0.2) is 11.4 Å². The maximum Gasteiger partial charge on any atom is 0.145 e. The molecule has 0 amide bonds. The summed E-state index contributed by atoms with van der Waals surface area (Å²) in [5, 5.41) is 3.51. The minimum absolute atomic E-state index is 0.515. The molecule has 1 unspecified atom stereocenters. The molecule has 0 aliphatic rings. The summed E-state index contributed by atoms with van der Waals surface area (Å²) in [4.78, 5) is 12.2. The second-order valence-electron chi connectivity index (χ2n) is 5.46. The molecule has 3 nitrogen and oxygen atoms in total. The van der Waals surface area contributed by atoms with E-state index in [2.05, 4.69) is 42.7 Å². The summed E-state index contributed by atoms with van der Waals surface area (Å²) in [6.07, 6.45) is 1.17. The Kier molecular flexibility index (Phi) is 4.76. The average molecular weight is 298 g/mol. The van der Waals surface area contributed by atoms with Gasteiger partial charge in [-0.2, -0.15) is 0 Å². The number of aromatic nitrogens is 2. The lowest BCUT2D eigenvalue weighted by Crippen LogP contribution is -2.30. The summed E-state index contributed by atoms with van der Waals surface area (Å²) in [6, 6.07) is 2.48. The van der Waals surface area contributed by atoms with Crippen LogP contribution in [-0.4, -0.2) is 28.0 Å². The summed E-state index contributed by atoms with van der Waals surface area (Å²) in [7, 11) is 2.11. The smallest absolute Gasteiger partial charge is 0.145 e. The second kappa shape index (κ2) is 6.16. The van der Waals surface area contributed by atoms with Crippen molar-refractivity contribution >= 4 is 33.2 Å². The first-order valence-electron chi connectivity index (χ1n) is 6.57. The van der Waals surface area contributed by atoms with Gasteiger partial charge in [-0.3, -0.25) is 4.90 Å². The van der Waals surface area contributed by atoms with Crippen LogP contribution >= 0.6 is 22.9 Å². The lowest BCUT2D eigenvalue weighted by atomic mass is 10.0. The highest BCUT2D eigenvalue weighted by Gasteiger charge is 2.14. The molecule has 0 saturated heterocycles. The Bertz CT molecular complexity index is 553. The van der Waals surface area contributed by atoms with Gasteiger partial charge in [0.05, 0.1) is 6.54 Å². The molecular weight excluding hydrogens is 278 g/mol. The molecule has 1 atom stereocenters. The van der Waals surface area contributed by atoms with Gasteiger partial charge in [-0.15, -0.1) is 11.3 Å². The third kappa shape index (κ3) is 3.65. The number of hydrogen-bond donors (Lipinski definition) is 0. The Balaban J connectivity index is 2.12. The van der Waals surface area contributed by atoms with E-state index < -0.39 is 0 Å². The van der Waals surface area contributed by atoms with Gasteiger partial charge < -0.3 is 0 Å². The molecular formula is C14H20ClN3S. The number of hydrogen-bond acceptors (Lipinski definition) is 4. The number of nitrogens with zero attached hydrogens (tertiary/aromatic N) is 3. The number of thiophene rings is 1. The fraction of sp³-hybridized carbons (Fsp3) is 0.571. The third-order valence-corrected chi connectivity index (χ3v) is 4.38. The van der Waals surface area contributed by atoms with Gasteiger partial charge in [-0.25, -0.2) is 9.97 Å². The van der Waals surface area contributed by atoms with Crippen LogP contribution in [0.4, 0.5) is 0 Å². The van der Waals surface area contributed by atoms with E-state index in [1.165, 1.54) is 6.42 Å². The van der Waals surface area contributed by atoms with Gasteiger partial charge in [-0.05, 0) is 37.8 Å². The zero-order valence-electron chi connectivity index (χ0n) is 11.9. The highest BCUT2D eigenvalue weighted by Crippen LogP contribution is 2.25. The Hall–Kier alpha value is -0.710. The zero-order chi connectivity index (χ0) is 14.0. The summed E-state index contributed by atoms with van der Waals surface area (Å²) < 4.78 is 0. The minimum Gasteiger partial charge on any atom is -0.296 e. The molecule has 0 aliphatic heterocycles. The van der Waals surface area contributed by atoms with Gasteiger partial charge in [0.15, 0.2) is 0 Å². The molecule has 0 aromatic carbocycles. The monoisotopic (exact) mass is 297 g/mol. The van der Waals surface area contributed by atoms with E-state index >= 15 is 0 Å². The van der Waals surface area contributed by atoms with Crippen molar-refractivity contribution < 1.29 is 0 Å². The Morgan fingerprint density at radius 2 is 2.05 bits per heavy atom. The van der Waals surface area contributed by atoms with Gasteiger partial charge >= 0.3 is 0 Å². The molecule has 0 fully saturated rings. The lowest BCUT2D eigenvalue weighted by Gasteiger charge is -2.25. The third-order valence-electron chi connectivity index (χ3n) is 3.28. The van der Waals surface area contributed by atoms with E-state index in [1.807, 2.05) is 11.4 Å². The van der Waals surface area contributed by atoms with E-state index in [0.717, 1.165) is 22.6 Å². The molecule has 0 bridgehead atoms. The normalized spacial score (nSPS) is 13.6. The predicted molar refractivity (Wildman–Crippen MR) is 82.8 cm³/mol. The molecule has 0 spiro atoms. The van der Waals surface area contributed by atoms with E-state index in [0.29, 0.717) is 17.1 Å². The maximum absolute atomic E-state index is 6.19. The summed E-state index contributed by atoms with van der Waals surface area (Å²) >= 11 is 7.80. The van der Waals surface area contributed by atoms with Gasteiger partial charge in [0, 0.05) is 11.4 Å². The van der Waals surface area contributed by atoms with Crippen LogP contribution in [-0.2, 0) is 6.54 Å². The Morgan fingerprint density at radius 3 is 2.74 bits per heavy atom. The molecule has 2 aromatic heterocycles. The van der Waals surface area contributed by atoms with Crippen LogP contribution in [0.1, 0.15) is 33.0 Å². The van der Waals surface area contributed by atoms with Gasteiger partial charge in [-0.1, -0.05) is 25.4 Å². The van der Waals surface area contributed by atoms with Crippen LogP contribution in [0.2, 0.25) is 5.15 Å². The molecule has 0 aliphatic carbocycles. The van der Waals surface area contributed by atoms with E-state index in [-0.39, 0.29) is 0 Å². The molecule has 2 aromatic rings. The predicted octanol–water partition coefficient (Wildman–Crippen LogP) is 4.21. The molecule has 2 heterocycles. The summed E-state index contributed by atoms with van der Waals surface area (Å²) in [5.41, 5.74) is 0. The van der Waals surface area contributed by atoms with Crippen LogP contribution in [0.5, 0.6) is 0 Å². The first kappa shape index (κ1) is 14.7. The SMILES string of the molecule is CC(C)CC(C)N(C)Cc1nc(Cl)c2ccsc2n1. The van der Waals surface area contributed by atoms with Crippen LogP contribution in [0.3, 0.4) is 0 Å². The second-order valence-corrected chi connectivity index (χ2v) is 6.72. The topological polar surface area (TPSA) is 29.0 Å². The van der Waals surface area contributed by atoms with Gasteiger partial charge in [0.2, 0.25) is 0 Å². The van der Waals surface area contributed by atoms with Gasteiger partial charge in [0.1, 0.15) is 15.8 Å². The minimum atomic E-state index is 0.515. The molecule has 0 radical (unpaired) electrons. The maximum atomic E-state index is 6.19. The van der Waals surface area contributed by atoms with Crippen molar-refractivity contribution in [2.75, 3.05) is 7.05 Å². The molecule has 0 saturated carbocycles. The molecule has 19 heavy (non-hydrogen) atoms. The summed E-state index contributed by atoms with van der Waals surface area (Å²) in [6.45, 7) is 7.47. The zero-order valence-corrected chi connectivity index (χ0v) is 13.4. The Morgan fingerprint density at radius 1 is 1.32 bits per heavy atom. The van der Waals surface area contributed by atoms with Crippen LogP contribution in [0, 0.1) is 5.92 Å².